The quantitative estimate of drug-likeness (QED) is 0.412. The molecule has 140 valence electrons. The molecule has 0 aliphatic heterocycles. The number of aromatic nitrogens is 1. The average molecular weight is 368 g/mol. The van der Waals surface area contributed by atoms with E-state index < -0.39 is 6.10 Å². The molecule has 0 fully saturated rings. The van der Waals surface area contributed by atoms with Crippen LogP contribution in [0.15, 0.2) is 5.38 Å². The van der Waals surface area contributed by atoms with Crippen LogP contribution in [0.25, 0.3) is 0 Å². The molecule has 1 aromatic heterocycles. The number of aliphatic hydroxyl groups excluding tert-OH is 1. The lowest BCUT2D eigenvalue weighted by atomic mass is 10.2. The van der Waals surface area contributed by atoms with Crippen LogP contribution in [0.5, 0.6) is 5.19 Å². The van der Waals surface area contributed by atoms with Crippen molar-refractivity contribution < 1.29 is 14.6 Å². The van der Waals surface area contributed by atoms with Crippen LogP contribution in [0, 0.1) is 11.8 Å². The number of nitrogens with one attached hydrogen (secondary N) is 2. The monoisotopic (exact) mass is 367 g/mol. The van der Waals surface area contributed by atoms with Gasteiger partial charge in [-0.05, 0) is 12.8 Å². The summed E-state index contributed by atoms with van der Waals surface area (Å²) in [4.78, 5) is 16.1. The van der Waals surface area contributed by atoms with E-state index in [2.05, 4.69) is 27.5 Å². The van der Waals surface area contributed by atoms with Gasteiger partial charge in [0.15, 0.2) is 0 Å². The van der Waals surface area contributed by atoms with E-state index in [-0.39, 0.29) is 12.5 Å². The molecule has 1 rings (SSSR count). The molecule has 0 saturated carbocycles. The fourth-order valence-electron chi connectivity index (χ4n) is 1.87. The molecule has 0 aromatic carbocycles. The molecule has 7 heteroatoms. The molecule has 0 aliphatic carbocycles. The first-order chi connectivity index (χ1) is 12.0. The third kappa shape index (κ3) is 10.1. The first-order valence-electron chi connectivity index (χ1n) is 8.76. The Bertz CT molecular complexity index is 563. The molecule has 0 bridgehead atoms. The maximum Gasteiger partial charge on any atom is 0.273 e. The zero-order valence-corrected chi connectivity index (χ0v) is 16.1. The normalized spacial score (nSPS) is 11.7. The summed E-state index contributed by atoms with van der Waals surface area (Å²) in [5.41, 5.74) is 0.348. The van der Waals surface area contributed by atoms with Gasteiger partial charge >= 0.3 is 0 Å². The predicted octanol–water partition coefficient (Wildman–Crippen LogP) is 2.19. The van der Waals surface area contributed by atoms with Gasteiger partial charge in [-0.3, -0.25) is 4.79 Å². The number of unbranched alkanes of at least 4 members (excludes halogenated alkanes) is 2. The van der Waals surface area contributed by atoms with Gasteiger partial charge in [0.1, 0.15) is 18.4 Å². The minimum absolute atomic E-state index is 0.146. The van der Waals surface area contributed by atoms with Crippen molar-refractivity contribution in [2.75, 3.05) is 19.7 Å². The molecule has 3 N–H and O–H groups in total. The molecule has 1 aromatic rings. The highest BCUT2D eigenvalue weighted by Crippen LogP contribution is 2.18. The molecule has 1 unspecified atom stereocenters. The number of hydrogen-bond donors (Lipinski definition) is 3. The van der Waals surface area contributed by atoms with Gasteiger partial charge in [-0.1, -0.05) is 32.1 Å². The zero-order valence-electron chi connectivity index (χ0n) is 15.3. The van der Waals surface area contributed by atoms with Crippen LogP contribution in [0.3, 0.4) is 0 Å². The summed E-state index contributed by atoms with van der Waals surface area (Å²) in [5, 5.41) is 17.8. The number of ether oxygens (including phenoxy) is 1. The fourth-order valence-corrected chi connectivity index (χ4v) is 2.53. The van der Waals surface area contributed by atoms with E-state index in [9.17, 15) is 9.90 Å². The zero-order chi connectivity index (χ0) is 18.5. The Labute approximate surface area is 154 Å². The van der Waals surface area contributed by atoms with Gasteiger partial charge in [-0.25, -0.2) is 0 Å². The van der Waals surface area contributed by atoms with Crippen molar-refractivity contribution >= 4 is 17.2 Å². The lowest BCUT2D eigenvalue weighted by molar-refractivity contribution is 0.0944. The van der Waals surface area contributed by atoms with Crippen molar-refractivity contribution in [3.8, 4) is 17.0 Å². The van der Waals surface area contributed by atoms with E-state index >= 15 is 0 Å². The van der Waals surface area contributed by atoms with Gasteiger partial charge in [-0.2, -0.15) is 4.98 Å². The van der Waals surface area contributed by atoms with Crippen molar-refractivity contribution in [1.82, 2.24) is 15.6 Å². The second-order valence-corrected chi connectivity index (χ2v) is 6.77. The second-order valence-electron chi connectivity index (χ2n) is 5.95. The van der Waals surface area contributed by atoms with Crippen LogP contribution in [0.4, 0.5) is 0 Å². The van der Waals surface area contributed by atoms with E-state index in [0.29, 0.717) is 30.0 Å². The summed E-state index contributed by atoms with van der Waals surface area (Å²) in [5.74, 6) is 5.91. The van der Waals surface area contributed by atoms with E-state index in [1.807, 2.05) is 20.8 Å². The van der Waals surface area contributed by atoms with E-state index in [4.69, 9.17) is 4.74 Å². The van der Waals surface area contributed by atoms with Crippen molar-refractivity contribution in [2.24, 2.45) is 0 Å². The second kappa shape index (κ2) is 12.7. The summed E-state index contributed by atoms with van der Waals surface area (Å²) in [6.45, 7) is 7.27. The van der Waals surface area contributed by atoms with Gasteiger partial charge < -0.3 is 20.5 Å². The molecule has 1 amide bonds. The number of nitrogens with zero attached hydrogens (tertiary/aromatic N) is 1. The van der Waals surface area contributed by atoms with Crippen LogP contribution in [0.2, 0.25) is 0 Å². The standard InChI is InChI=1S/C18H29N3O3S/c1-4-5-6-7-8-9-10-19-17(23)16-13-25-18(21-16)24-12-15(22)11-20-14(2)3/h13-15,20,22H,4,7-12H2,1-3H3,(H,19,23). The predicted molar refractivity (Wildman–Crippen MR) is 101 cm³/mol. The van der Waals surface area contributed by atoms with Crippen molar-refractivity contribution in [2.45, 2.75) is 58.6 Å². The highest BCUT2D eigenvalue weighted by molar-refractivity contribution is 7.11. The molecule has 0 spiro atoms. The summed E-state index contributed by atoms with van der Waals surface area (Å²) in [6, 6.07) is 0.309. The van der Waals surface area contributed by atoms with E-state index in [1.165, 1.54) is 11.3 Å². The Balaban J connectivity index is 2.23. The average Bonchev–Trinajstić information content (AvgIpc) is 3.06. The third-order valence-electron chi connectivity index (χ3n) is 3.19. The maximum atomic E-state index is 12.0. The number of carbonyl (C=O) groups excluding carboxylic acids is 1. The van der Waals surface area contributed by atoms with Crippen molar-refractivity contribution in [3.63, 3.8) is 0 Å². The maximum absolute atomic E-state index is 12.0. The lowest BCUT2D eigenvalue weighted by Gasteiger charge is -2.13. The third-order valence-corrected chi connectivity index (χ3v) is 3.94. The van der Waals surface area contributed by atoms with E-state index in [1.54, 1.807) is 5.38 Å². The van der Waals surface area contributed by atoms with Crippen LogP contribution < -0.4 is 15.4 Å². The van der Waals surface area contributed by atoms with Crippen LogP contribution in [-0.2, 0) is 0 Å². The summed E-state index contributed by atoms with van der Waals surface area (Å²) in [6.07, 6.45) is 3.01. The molecule has 0 radical (unpaired) electrons. The molecule has 6 nitrogen and oxygen atoms in total. The molecule has 25 heavy (non-hydrogen) atoms. The number of hydrogen-bond acceptors (Lipinski definition) is 6. The Morgan fingerprint density at radius 1 is 1.40 bits per heavy atom. The minimum Gasteiger partial charge on any atom is -0.467 e. The number of carbonyl (C=O) groups is 1. The highest BCUT2D eigenvalue weighted by atomic mass is 32.1. The van der Waals surface area contributed by atoms with Gasteiger partial charge in [0.05, 0.1) is 0 Å². The first kappa shape index (κ1) is 21.4. The molecular weight excluding hydrogens is 338 g/mol. The van der Waals surface area contributed by atoms with Crippen LogP contribution >= 0.6 is 11.3 Å². The fraction of sp³-hybridized carbons (Fsp3) is 0.667. The number of rotatable bonds is 11. The van der Waals surface area contributed by atoms with Gasteiger partial charge in [0.25, 0.3) is 11.1 Å². The topological polar surface area (TPSA) is 83.5 Å². The minimum atomic E-state index is -0.612. The smallest absolute Gasteiger partial charge is 0.273 e. The van der Waals surface area contributed by atoms with Crippen molar-refractivity contribution in [1.29, 1.82) is 0 Å². The summed E-state index contributed by atoms with van der Waals surface area (Å²) >= 11 is 1.25. The Morgan fingerprint density at radius 2 is 2.20 bits per heavy atom. The SMILES string of the molecule is CCC#CCCCCNC(=O)c1csc(OCC(O)CNC(C)C)n1. The lowest BCUT2D eigenvalue weighted by Crippen LogP contribution is -2.35. The van der Waals surface area contributed by atoms with Crippen molar-refractivity contribution in [3.05, 3.63) is 11.1 Å². The summed E-state index contributed by atoms with van der Waals surface area (Å²) in [7, 11) is 0. The summed E-state index contributed by atoms with van der Waals surface area (Å²) < 4.78 is 5.43. The highest BCUT2D eigenvalue weighted by Gasteiger charge is 2.12. The molecule has 0 saturated heterocycles. The number of amides is 1. The first-order valence-corrected chi connectivity index (χ1v) is 9.64. The molecule has 0 aliphatic rings. The Morgan fingerprint density at radius 3 is 2.92 bits per heavy atom. The van der Waals surface area contributed by atoms with E-state index in [0.717, 1.165) is 25.7 Å². The van der Waals surface area contributed by atoms with Crippen LogP contribution in [-0.4, -0.2) is 47.8 Å². The molecule has 1 heterocycles. The largest absolute Gasteiger partial charge is 0.467 e. The number of thiazole rings is 1. The van der Waals surface area contributed by atoms with Gasteiger partial charge in [0.2, 0.25) is 0 Å². The van der Waals surface area contributed by atoms with Gasteiger partial charge in [-0.15, -0.1) is 11.8 Å². The van der Waals surface area contributed by atoms with Crippen LogP contribution in [0.1, 0.15) is 56.9 Å². The molecular formula is C18H29N3O3S. The number of aliphatic hydroxyl groups is 1. The Kier molecular flexibility index (Phi) is 10.9. The Hall–Kier alpha value is -1.62. The van der Waals surface area contributed by atoms with Gasteiger partial charge in [0, 0.05) is 37.4 Å². The molecule has 1 atom stereocenters.